The third kappa shape index (κ3) is 5.11. The van der Waals surface area contributed by atoms with Crippen molar-refractivity contribution in [3.63, 3.8) is 0 Å². The number of nitrogens with zero attached hydrogens (tertiary/aromatic N) is 2. The van der Waals surface area contributed by atoms with Crippen molar-refractivity contribution < 1.29 is 5.11 Å². The van der Waals surface area contributed by atoms with E-state index in [9.17, 15) is 5.11 Å². The highest BCUT2D eigenvalue weighted by molar-refractivity contribution is 8.30. The highest BCUT2D eigenvalue weighted by Crippen LogP contribution is 2.52. The molecule has 3 N–H and O–H groups in total. The van der Waals surface area contributed by atoms with Crippen molar-refractivity contribution in [1.82, 2.24) is 4.98 Å². The Balaban J connectivity index is 2.33. The Kier molecular flexibility index (Phi) is 8.92. The molecule has 0 spiro atoms. The highest BCUT2D eigenvalue weighted by atomic mass is 32.2. The SMILES string of the molecule is CCCCCC1=NCC[SH]1c1c(C(C)C)nc(C(C)C)c(CO)c1-c1ccccc1CN. The van der Waals surface area contributed by atoms with E-state index >= 15 is 0 Å². The van der Waals surface area contributed by atoms with Crippen LogP contribution >= 0.6 is 10.9 Å². The van der Waals surface area contributed by atoms with Gasteiger partial charge in [-0.2, -0.15) is 10.9 Å². The van der Waals surface area contributed by atoms with Gasteiger partial charge in [-0.25, -0.2) is 0 Å². The quantitative estimate of drug-likeness (QED) is 0.291. The Bertz CT molecular complexity index is 952. The minimum atomic E-state index is -0.553. The third-order valence-corrected chi connectivity index (χ3v) is 8.92. The van der Waals surface area contributed by atoms with Crippen LogP contribution in [0.2, 0.25) is 0 Å². The number of thiol groups is 1. The van der Waals surface area contributed by atoms with Gasteiger partial charge in [0.15, 0.2) is 0 Å². The molecule has 176 valence electrons. The molecule has 2 heterocycles. The summed E-state index contributed by atoms with van der Waals surface area (Å²) < 4.78 is 0. The number of nitrogens with two attached hydrogens (primary N) is 1. The molecule has 0 fully saturated rings. The Morgan fingerprint density at radius 2 is 1.78 bits per heavy atom. The molecule has 4 nitrogen and oxygen atoms in total. The van der Waals surface area contributed by atoms with Crippen LogP contribution in [0.15, 0.2) is 34.2 Å². The Hall–Kier alpha value is -1.69. The van der Waals surface area contributed by atoms with Crippen LogP contribution in [0.5, 0.6) is 0 Å². The number of hydrogen-bond acceptors (Lipinski definition) is 4. The molecule has 2 aromatic rings. The van der Waals surface area contributed by atoms with E-state index in [0.29, 0.717) is 12.5 Å². The molecule has 5 heteroatoms. The molecule has 1 atom stereocenters. The molecule has 1 aromatic heterocycles. The first-order valence-corrected chi connectivity index (χ1v) is 13.7. The van der Waals surface area contributed by atoms with Gasteiger partial charge < -0.3 is 10.8 Å². The Morgan fingerprint density at radius 3 is 2.41 bits per heavy atom. The number of aliphatic hydroxyl groups excluding tert-OH is 1. The van der Waals surface area contributed by atoms with E-state index in [4.69, 9.17) is 15.7 Å². The number of aliphatic hydroxyl groups is 1. The first-order chi connectivity index (χ1) is 15.4. The molecule has 0 saturated heterocycles. The Labute approximate surface area is 197 Å². The van der Waals surface area contributed by atoms with Gasteiger partial charge in [0.25, 0.3) is 0 Å². The van der Waals surface area contributed by atoms with Gasteiger partial charge in [-0.05, 0) is 35.8 Å². The van der Waals surface area contributed by atoms with E-state index in [2.05, 4.69) is 58.9 Å². The molecule has 1 unspecified atom stereocenters. The van der Waals surface area contributed by atoms with Crippen molar-refractivity contribution in [1.29, 1.82) is 0 Å². The minimum absolute atomic E-state index is 0.00832. The first kappa shape index (κ1) is 24.9. The highest BCUT2D eigenvalue weighted by Gasteiger charge is 2.30. The van der Waals surface area contributed by atoms with Crippen LogP contribution in [0, 0.1) is 0 Å². The summed E-state index contributed by atoms with van der Waals surface area (Å²) in [4.78, 5) is 11.6. The number of benzene rings is 1. The zero-order valence-electron chi connectivity index (χ0n) is 20.5. The van der Waals surface area contributed by atoms with Crippen molar-refractivity contribution in [2.75, 3.05) is 12.3 Å². The third-order valence-electron chi connectivity index (χ3n) is 6.29. The van der Waals surface area contributed by atoms with Crippen LogP contribution in [0.25, 0.3) is 11.1 Å². The number of unbranched alkanes of at least 4 members (excludes halogenated alkanes) is 2. The fourth-order valence-corrected chi connectivity index (χ4v) is 7.53. The number of aliphatic imine (C=N–C) groups is 1. The van der Waals surface area contributed by atoms with Crippen LogP contribution in [-0.2, 0) is 13.2 Å². The lowest BCUT2D eigenvalue weighted by atomic mass is 9.90. The van der Waals surface area contributed by atoms with E-state index in [1.807, 2.05) is 0 Å². The second-order valence-electron chi connectivity index (χ2n) is 9.32. The molecule has 0 radical (unpaired) electrons. The van der Waals surface area contributed by atoms with Crippen LogP contribution in [-0.4, -0.2) is 27.4 Å². The summed E-state index contributed by atoms with van der Waals surface area (Å²) in [6.07, 6.45) is 4.74. The smallest absolute Gasteiger partial charge is 0.0706 e. The van der Waals surface area contributed by atoms with Gasteiger partial charge in [0.05, 0.1) is 17.3 Å². The van der Waals surface area contributed by atoms with Crippen LogP contribution in [0.3, 0.4) is 0 Å². The van der Waals surface area contributed by atoms with Gasteiger partial charge >= 0.3 is 0 Å². The molecule has 32 heavy (non-hydrogen) atoms. The second-order valence-corrected chi connectivity index (χ2v) is 11.6. The molecular weight excluding hydrogens is 414 g/mol. The van der Waals surface area contributed by atoms with Crippen LogP contribution < -0.4 is 5.73 Å². The topological polar surface area (TPSA) is 71.5 Å². The largest absolute Gasteiger partial charge is 0.392 e. The van der Waals surface area contributed by atoms with Gasteiger partial charge in [-0.3, -0.25) is 9.98 Å². The maximum absolute atomic E-state index is 10.6. The molecule has 0 aliphatic carbocycles. The average molecular weight is 456 g/mol. The fraction of sp³-hybridized carbons (Fsp3) is 0.556. The van der Waals surface area contributed by atoms with E-state index < -0.39 is 10.9 Å². The predicted octanol–water partition coefficient (Wildman–Crippen LogP) is 6.30. The van der Waals surface area contributed by atoms with Crippen molar-refractivity contribution in [2.45, 2.75) is 90.2 Å². The summed E-state index contributed by atoms with van der Waals surface area (Å²) in [6, 6.07) is 8.43. The molecule has 1 aliphatic heterocycles. The minimum Gasteiger partial charge on any atom is -0.392 e. The van der Waals surface area contributed by atoms with Gasteiger partial charge in [0.2, 0.25) is 0 Å². The van der Waals surface area contributed by atoms with Crippen molar-refractivity contribution in [3.8, 4) is 11.1 Å². The molecule has 1 aromatic carbocycles. The maximum atomic E-state index is 10.6. The monoisotopic (exact) mass is 455 g/mol. The molecule has 0 bridgehead atoms. The summed E-state index contributed by atoms with van der Waals surface area (Å²) in [5.41, 5.74) is 12.8. The summed E-state index contributed by atoms with van der Waals surface area (Å²) in [7, 11) is -0.553. The molecule has 0 amide bonds. The molecular formula is C27H41N3OS. The number of aromatic nitrogens is 1. The van der Waals surface area contributed by atoms with Crippen LogP contribution in [0.4, 0.5) is 0 Å². The number of hydrogen-bond donors (Lipinski definition) is 3. The zero-order chi connectivity index (χ0) is 23.3. The fourth-order valence-electron chi connectivity index (χ4n) is 4.68. The Morgan fingerprint density at radius 1 is 1.06 bits per heavy atom. The van der Waals surface area contributed by atoms with E-state index in [1.165, 1.54) is 40.5 Å². The van der Waals surface area contributed by atoms with Gasteiger partial charge in [-0.15, -0.1) is 0 Å². The second kappa shape index (κ2) is 11.4. The lowest BCUT2D eigenvalue weighted by Gasteiger charge is -2.30. The maximum Gasteiger partial charge on any atom is 0.0706 e. The van der Waals surface area contributed by atoms with Crippen molar-refractivity contribution in [3.05, 3.63) is 46.8 Å². The van der Waals surface area contributed by atoms with E-state index in [0.717, 1.165) is 41.1 Å². The molecule has 3 rings (SSSR count). The van der Waals surface area contributed by atoms with E-state index in [-0.39, 0.29) is 12.5 Å². The van der Waals surface area contributed by atoms with Gasteiger partial charge in [-0.1, -0.05) is 71.7 Å². The van der Waals surface area contributed by atoms with Crippen molar-refractivity contribution >= 4 is 15.9 Å². The summed E-state index contributed by atoms with van der Waals surface area (Å²) in [6.45, 7) is 12.4. The molecule has 0 saturated carbocycles. The average Bonchev–Trinajstić information content (AvgIpc) is 3.25. The number of rotatable bonds is 10. The number of pyridine rings is 1. The summed E-state index contributed by atoms with van der Waals surface area (Å²) in [5.74, 6) is 1.63. The zero-order valence-corrected chi connectivity index (χ0v) is 21.4. The van der Waals surface area contributed by atoms with Crippen molar-refractivity contribution in [2.24, 2.45) is 10.7 Å². The van der Waals surface area contributed by atoms with Gasteiger partial charge in [0, 0.05) is 40.6 Å². The molecule has 1 aliphatic rings. The first-order valence-electron chi connectivity index (χ1n) is 12.2. The van der Waals surface area contributed by atoms with E-state index in [1.54, 1.807) is 0 Å². The standard InChI is InChI=1S/C27H41N3OS/c1-6-7-8-13-23-29-14-15-32(23)27-24(21-12-10-9-11-20(21)16-28)22(17-31)25(18(2)3)30-26(27)19(4)5/h9-12,18-19,31-32H,6-8,13-17,28H2,1-5H3. The normalized spacial score (nSPS) is 17.4. The lowest BCUT2D eigenvalue weighted by molar-refractivity contribution is 0.279. The lowest BCUT2D eigenvalue weighted by Crippen LogP contribution is -2.14. The summed E-state index contributed by atoms with van der Waals surface area (Å²) >= 11 is 0. The van der Waals surface area contributed by atoms with Crippen LogP contribution in [0.1, 0.15) is 94.7 Å². The summed E-state index contributed by atoms with van der Waals surface area (Å²) in [5, 5.41) is 12.0. The predicted molar refractivity (Wildman–Crippen MR) is 140 cm³/mol. The van der Waals surface area contributed by atoms with Gasteiger partial charge in [0.1, 0.15) is 0 Å².